The van der Waals surface area contributed by atoms with Crippen molar-refractivity contribution in [1.82, 2.24) is 0 Å². The van der Waals surface area contributed by atoms with E-state index in [-0.39, 0.29) is 11.8 Å². The minimum atomic E-state index is -3.13. The monoisotopic (exact) mass is 334 g/mol. The Kier molecular flexibility index (Phi) is 4.61. The van der Waals surface area contributed by atoms with E-state index >= 15 is 0 Å². The molecule has 0 radical (unpaired) electrons. The highest BCUT2D eigenvalue weighted by Crippen LogP contribution is 2.26. The summed E-state index contributed by atoms with van der Waals surface area (Å²) in [5.41, 5.74) is 1.68. The summed E-state index contributed by atoms with van der Waals surface area (Å²) < 4.78 is 30.9. The second-order valence-corrected chi connectivity index (χ2v) is 7.97. The van der Waals surface area contributed by atoms with Crippen LogP contribution in [0.15, 0.2) is 47.1 Å². The topological polar surface area (TPSA) is 62.6 Å². The molecule has 124 valence electrons. The van der Waals surface area contributed by atoms with Gasteiger partial charge in [-0.15, -0.1) is 0 Å². The predicted molar refractivity (Wildman–Crippen MR) is 92.3 cm³/mol. The molecule has 1 saturated heterocycles. The fourth-order valence-electron chi connectivity index (χ4n) is 2.85. The van der Waals surface area contributed by atoms with Gasteiger partial charge in [0.05, 0.1) is 17.7 Å². The predicted octanol–water partition coefficient (Wildman–Crippen LogP) is 3.25. The van der Waals surface area contributed by atoms with E-state index in [9.17, 15) is 8.42 Å². The van der Waals surface area contributed by atoms with Crippen LogP contribution in [0.25, 0.3) is 0 Å². The number of sulfonamides is 1. The molecule has 1 aromatic heterocycles. The van der Waals surface area contributed by atoms with Crippen LogP contribution in [0.4, 0.5) is 11.4 Å². The minimum absolute atomic E-state index is 0.240. The highest BCUT2D eigenvalue weighted by atomic mass is 32.2. The number of hydrogen-bond donors (Lipinski definition) is 1. The molecule has 5 nitrogen and oxygen atoms in total. The number of furan rings is 1. The first-order valence-electron chi connectivity index (χ1n) is 7.94. The van der Waals surface area contributed by atoms with Crippen molar-refractivity contribution in [3.05, 3.63) is 48.4 Å². The lowest BCUT2D eigenvalue weighted by molar-refractivity contribution is 0.495. The van der Waals surface area contributed by atoms with Crippen LogP contribution < -0.4 is 9.62 Å². The van der Waals surface area contributed by atoms with Gasteiger partial charge in [0.2, 0.25) is 10.0 Å². The van der Waals surface area contributed by atoms with Crippen LogP contribution in [-0.2, 0) is 16.4 Å². The number of hydrogen-bond acceptors (Lipinski definition) is 4. The van der Waals surface area contributed by atoms with E-state index in [1.807, 2.05) is 36.4 Å². The van der Waals surface area contributed by atoms with Crippen LogP contribution in [0, 0.1) is 0 Å². The quantitative estimate of drug-likeness (QED) is 0.881. The van der Waals surface area contributed by atoms with Crippen molar-refractivity contribution in [2.75, 3.05) is 21.9 Å². The molecular formula is C17H22N2O3S. The lowest BCUT2D eigenvalue weighted by Crippen LogP contribution is -2.25. The molecule has 1 aromatic carbocycles. The number of nitrogens with zero attached hydrogens (tertiary/aromatic N) is 1. The van der Waals surface area contributed by atoms with Crippen LogP contribution in [-0.4, -0.2) is 26.8 Å². The number of nitrogens with one attached hydrogen (secondary N) is 1. The normalized spacial score (nSPS) is 18.0. The Morgan fingerprint density at radius 2 is 2.17 bits per heavy atom. The van der Waals surface area contributed by atoms with Crippen molar-refractivity contribution in [3.63, 3.8) is 0 Å². The number of benzene rings is 1. The Balaban J connectivity index is 1.63. The summed E-state index contributed by atoms with van der Waals surface area (Å²) in [5, 5.41) is 3.43. The summed E-state index contributed by atoms with van der Waals surface area (Å²) in [7, 11) is -3.13. The maximum Gasteiger partial charge on any atom is 0.235 e. The number of anilines is 2. The maximum absolute atomic E-state index is 12.0. The summed E-state index contributed by atoms with van der Waals surface area (Å²) in [5.74, 6) is 1.22. The van der Waals surface area contributed by atoms with Crippen LogP contribution in [0.2, 0.25) is 0 Å². The van der Waals surface area contributed by atoms with Gasteiger partial charge in [-0.25, -0.2) is 8.42 Å². The van der Waals surface area contributed by atoms with Crippen molar-refractivity contribution in [1.29, 1.82) is 0 Å². The molecule has 0 unspecified atom stereocenters. The van der Waals surface area contributed by atoms with Gasteiger partial charge >= 0.3 is 0 Å². The molecule has 3 rings (SSSR count). The second-order valence-electron chi connectivity index (χ2n) is 5.96. The van der Waals surface area contributed by atoms with Crippen molar-refractivity contribution < 1.29 is 12.8 Å². The molecule has 0 amide bonds. The van der Waals surface area contributed by atoms with Crippen LogP contribution in [0.5, 0.6) is 0 Å². The molecule has 1 aliphatic heterocycles. The van der Waals surface area contributed by atoms with Crippen molar-refractivity contribution >= 4 is 21.4 Å². The summed E-state index contributed by atoms with van der Waals surface area (Å²) in [6.45, 7) is 2.68. The molecule has 0 spiro atoms. The highest BCUT2D eigenvalue weighted by molar-refractivity contribution is 7.93. The maximum atomic E-state index is 12.0. The molecule has 0 saturated carbocycles. The zero-order valence-corrected chi connectivity index (χ0v) is 14.1. The van der Waals surface area contributed by atoms with E-state index in [0.717, 1.165) is 30.0 Å². The molecule has 1 N–H and O–H groups in total. The molecule has 23 heavy (non-hydrogen) atoms. The molecule has 0 aliphatic carbocycles. The number of rotatable bonds is 6. The first-order valence-corrected chi connectivity index (χ1v) is 9.55. The molecule has 6 heteroatoms. The minimum Gasteiger partial charge on any atom is -0.469 e. The lowest BCUT2D eigenvalue weighted by atomic mass is 10.1. The van der Waals surface area contributed by atoms with E-state index < -0.39 is 10.0 Å². The van der Waals surface area contributed by atoms with E-state index in [2.05, 4.69) is 12.2 Å². The summed E-state index contributed by atoms with van der Waals surface area (Å²) in [4.78, 5) is 0. The largest absolute Gasteiger partial charge is 0.469 e. The van der Waals surface area contributed by atoms with Crippen molar-refractivity contribution in [2.45, 2.75) is 32.2 Å². The Morgan fingerprint density at radius 1 is 1.30 bits per heavy atom. The van der Waals surface area contributed by atoms with Gasteiger partial charge in [-0.1, -0.05) is 6.07 Å². The van der Waals surface area contributed by atoms with Crippen LogP contribution in [0.1, 0.15) is 25.5 Å². The number of aryl methyl sites for hydroxylation is 1. The lowest BCUT2D eigenvalue weighted by Gasteiger charge is -2.20. The fraction of sp³-hybridized carbons (Fsp3) is 0.412. The summed E-state index contributed by atoms with van der Waals surface area (Å²) in [6, 6.07) is 11.8. The third-order valence-corrected chi connectivity index (χ3v) is 5.92. The average Bonchev–Trinajstić information content (AvgIpc) is 3.14. The van der Waals surface area contributed by atoms with Gasteiger partial charge in [-0.3, -0.25) is 4.31 Å². The van der Waals surface area contributed by atoms with Gasteiger partial charge in [-0.05, 0) is 50.1 Å². The third-order valence-electron chi connectivity index (χ3n) is 4.05. The Bertz CT molecular complexity index is 741. The molecule has 2 aromatic rings. The van der Waals surface area contributed by atoms with Gasteiger partial charge in [0, 0.05) is 24.7 Å². The van der Waals surface area contributed by atoms with Gasteiger partial charge in [0.1, 0.15) is 5.76 Å². The van der Waals surface area contributed by atoms with E-state index in [0.29, 0.717) is 13.0 Å². The second kappa shape index (κ2) is 6.66. The van der Waals surface area contributed by atoms with Gasteiger partial charge < -0.3 is 9.73 Å². The van der Waals surface area contributed by atoms with Crippen LogP contribution in [0.3, 0.4) is 0 Å². The summed E-state index contributed by atoms with van der Waals surface area (Å²) in [6.07, 6.45) is 4.20. The zero-order chi connectivity index (χ0) is 16.3. The van der Waals surface area contributed by atoms with Crippen molar-refractivity contribution in [3.8, 4) is 0 Å². The Labute approximate surface area is 137 Å². The first-order chi connectivity index (χ1) is 11.0. The smallest absolute Gasteiger partial charge is 0.235 e. The zero-order valence-electron chi connectivity index (χ0n) is 13.2. The average molecular weight is 334 g/mol. The van der Waals surface area contributed by atoms with Gasteiger partial charge in [0.25, 0.3) is 0 Å². The van der Waals surface area contributed by atoms with Crippen LogP contribution >= 0.6 is 0 Å². The molecule has 0 bridgehead atoms. The Morgan fingerprint density at radius 3 is 2.87 bits per heavy atom. The molecule has 1 aliphatic rings. The van der Waals surface area contributed by atoms with E-state index in [1.165, 1.54) is 4.31 Å². The SMILES string of the molecule is C[C@@H](CCc1ccco1)Nc1cccc(N2CCCS2(=O)=O)c1. The first kappa shape index (κ1) is 15.9. The highest BCUT2D eigenvalue weighted by Gasteiger charge is 2.28. The van der Waals surface area contributed by atoms with Crippen molar-refractivity contribution in [2.24, 2.45) is 0 Å². The molecule has 1 fully saturated rings. The molecule has 1 atom stereocenters. The van der Waals surface area contributed by atoms with Gasteiger partial charge in [-0.2, -0.15) is 0 Å². The Hall–Kier alpha value is -1.95. The standard InChI is InChI=1S/C17H22N2O3S/c1-14(8-9-17-7-3-11-22-17)18-15-5-2-6-16(13-15)19-10-4-12-23(19,20)21/h2-3,5-7,11,13-14,18H,4,8-10,12H2,1H3/t14-/m0/s1. The fourth-order valence-corrected chi connectivity index (χ4v) is 4.41. The molecule has 2 heterocycles. The van der Waals surface area contributed by atoms with E-state index in [4.69, 9.17) is 4.42 Å². The third kappa shape index (κ3) is 3.88. The molecular weight excluding hydrogens is 312 g/mol. The summed E-state index contributed by atoms with van der Waals surface area (Å²) >= 11 is 0. The van der Waals surface area contributed by atoms with E-state index in [1.54, 1.807) is 6.26 Å². The van der Waals surface area contributed by atoms with Gasteiger partial charge in [0.15, 0.2) is 0 Å².